The largest absolute Gasteiger partial charge is 0.454 e. The van der Waals surface area contributed by atoms with Crippen molar-refractivity contribution in [2.75, 3.05) is 24.8 Å². The number of nitrogens with zero attached hydrogens (tertiary/aromatic N) is 3. The van der Waals surface area contributed by atoms with Gasteiger partial charge in [0.1, 0.15) is 17.8 Å². The minimum Gasteiger partial charge on any atom is -0.454 e. The molecule has 0 atom stereocenters. The zero-order valence-corrected chi connectivity index (χ0v) is 13.8. The summed E-state index contributed by atoms with van der Waals surface area (Å²) < 4.78 is 10.6. The van der Waals surface area contributed by atoms with E-state index in [4.69, 9.17) is 9.47 Å². The number of fused-ring (bicyclic) bond motifs is 1. The van der Waals surface area contributed by atoms with Crippen molar-refractivity contribution in [1.29, 1.82) is 0 Å². The Balaban J connectivity index is 1.66. The van der Waals surface area contributed by atoms with Gasteiger partial charge in [-0.25, -0.2) is 9.97 Å². The summed E-state index contributed by atoms with van der Waals surface area (Å²) in [5.74, 6) is 1.95. The van der Waals surface area contributed by atoms with E-state index in [1.54, 1.807) is 6.07 Å². The molecule has 1 aromatic heterocycles. The molecule has 0 saturated carbocycles. The summed E-state index contributed by atoms with van der Waals surface area (Å²) in [4.78, 5) is 22.7. The lowest BCUT2D eigenvalue weighted by Gasteiger charge is -2.19. The Morgan fingerprint density at radius 2 is 1.96 bits per heavy atom. The summed E-state index contributed by atoms with van der Waals surface area (Å²) in [5.41, 5.74) is 1.29. The second kappa shape index (κ2) is 7.16. The normalized spacial score (nSPS) is 12.1. The standard InChI is InChI=1S/C17H20N4O3/c1-3-21(4-2)16-8-13(19-10-20-16)17(22)18-9-12-5-6-14-15(7-12)24-11-23-14/h5-8,10H,3-4,9,11H2,1-2H3,(H,18,22). The van der Waals surface area contributed by atoms with Crippen LogP contribution >= 0.6 is 0 Å². The Morgan fingerprint density at radius 1 is 1.17 bits per heavy atom. The molecule has 1 aromatic carbocycles. The maximum atomic E-state index is 12.3. The van der Waals surface area contributed by atoms with Crippen molar-refractivity contribution in [3.8, 4) is 11.5 Å². The first-order chi connectivity index (χ1) is 11.7. The molecule has 0 radical (unpaired) electrons. The Morgan fingerprint density at radius 3 is 2.75 bits per heavy atom. The van der Waals surface area contributed by atoms with Crippen molar-refractivity contribution in [3.63, 3.8) is 0 Å². The molecule has 3 rings (SSSR count). The minimum absolute atomic E-state index is 0.233. The summed E-state index contributed by atoms with van der Waals surface area (Å²) >= 11 is 0. The van der Waals surface area contributed by atoms with Crippen molar-refractivity contribution in [1.82, 2.24) is 15.3 Å². The number of anilines is 1. The van der Waals surface area contributed by atoms with Gasteiger partial charge in [-0.1, -0.05) is 6.07 Å². The highest BCUT2D eigenvalue weighted by molar-refractivity contribution is 5.92. The lowest BCUT2D eigenvalue weighted by Crippen LogP contribution is -2.26. The zero-order chi connectivity index (χ0) is 16.9. The van der Waals surface area contributed by atoms with E-state index in [1.165, 1.54) is 6.33 Å². The van der Waals surface area contributed by atoms with Crippen molar-refractivity contribution in [2.24, 2.45) is 0 Å². The van der Waals surface area contributed by atoms with Gasteiger partial charge in [-0.3, -0.25) is 4.79 Å². The molecule has 0 saturated heterocycles. The van der Waals surface area contributed by atoms with E-state index in [0.717, 1.165) is 30.2 Å². The van der Waals surface area contributed by atoms with Gasteiger partial charge in [-0.2, -0.15) is 0 Å². The highest BCUT2D eigenvalue weighted by Gasteiger charge is 2.14. The van der Waals surface area contributed by atoms with Crippen molar-refractivity contribution >= 4 is 11.7 Å². The van der Waals surface area contributed by atoms with Crippen LogP contribution in [0.3, 0.4) is 0 Å². The van der Waals surface area contributed by atoms with Crippen LogP contribution in [0.5, 0.6) is 11.5 Å². The second-order valence-corrected chi connectivity index (χ2v) is 5.30. The van der Waals surface area contributed by atoms with Crippen molar-refractivity contribution in [2.45, 2.75) is 20.4 Å². The van der Waals surface area contributed by atoms with Crippen LogP contribution in [0.15, 0.2) is 30.6 Å². The minimum atomic E-state index is -0.233. The molecule has 0 fully saturated rings. The number of nitrogens with one attached hydrogen (secondary N) is 1. The van der Waals surface area contributed by atoms with Crippen LogP contribution in [0.4, 0.5) is 5.82 Å². The lowest BCUT2D eigenvalue weighted by atomic mass is 10.2. The number of hydrogen-bond acceptors (Lipinski definition) is 6. The van der Waals surface area contributed by atoms with Gasteiger partial charge in [0.2, 0.25) is 6.79 Å². The van der Waals surface area contributed by atoms with Crippen molar-refractivity contribution in [3.05, 3.63) is 41.9 Å². The van der Waals surface area contributed by atoms with E-state index in [1.807, 2.05) is 32.0 Å². The fraction of sp³-hybridized carbons (Fsp3) is 0.353. The molecular formula is C17H20N4O3. The Labute approximate surface area is 140 Å². The number of rotatable bonds is 6. The number of hydrogen-bond donors (Lipinski definition) is 1. The number of ether oxygens (including phenoxy) is 2. The van der Waals surface area contributed by atoms with E-state index >= 15 is 0 Å². The molecule has 1 aliphatic heterocycles. The summed E-state index contributed by atoms with van der Waals surface area (Å²) in [5, 5.41) is 2.86. The maximum absolute atomic E-state index is 12.3. The molecule has 126 valence electrons. The lowest BCUT2D eigenvalue weighted by molar-refractivity contribution is 0.0945. The van der Waals surface area contributed by atoms with E-state index < -0.39 is 0 Å². The number of carbonyl (C=O) groups excluding carboxylic acids is 1. The quantitative estimate of drug-likeness (QED) is 0.874. The molecule has 7 heteroatoms. The number of amides is 1. The highest BCUT2D eigenvalue weighted by Crippen LogP contribution is 2.32. The number of carbonyl (C=O) groups is 1. The topological polar surface area (TPSA) is 76.6 Å². The van der Waals surface area contributed by atoms with Gasteiger partial charge in [-0.05, 0) is 31.5 Å². The Hall–Kier alpha value is -2.83. The predicted octanol–water partition coefficient (Wildman–Crippen LogP) is 1.98. The van der Waals surface area contributed by atoms with Crippen LogP contribution in [0.1, 0.15) is 29.9 Å². The van der Waals surface area contributed by atoms with Crippen LogP contribution in [0.2, 0.25) is 0 Å². The summed E-state index contributed by atoms with van der Waals surface area (Å²) in [6.07, 6.45) is 1.42. The average molecular weight is 328 g/mol. The Kier molecular flexibility index (Phi) is 4.79. The third-order valence-corrected chi connectivity index (χ3v) is 3.86. The third kappa shape index (κ3) is 3.40. The van der Waals surface area contributed by atoms with Gasteiger partial charge in [0.15, 0.2) is 11.5 Å². The monoisotopic (exact) mass is 328 g/mol. The van der Waals surface area contributed by atoms with Crippen LogP contribution in [0.25, 0.3) is 0 Å². The van der Waals surface area contributed by atoms with Gasteiger partial charge in [0, 0.05) is 25.7 Å². The second-order valence-electron chi connectivity index (χ2n) is 5.30. The van der Waals surface area contributed by atoms with E-state index in [2.05, 4.69) is 20.2 Å². The van der Waals surface area contributed by atoms with Gasteiger partial charge in [0.25, 0.3) is 5.91 Å². The van der Waals surface area contributed by atoms with Crippen LogP contribution in [-0.2, 0) is 6.54 Å². The highest BCUT2D eigenvalue weighted by atomic mass is 16.7. The SMILES string of the molecule is CCN(CC)c1cc(C(=O)NCc2ccc3c(c2)OCO3)ncn1. The van der Waals surface area contributed by atoms with E-state index in [-0.39, 0.29) is 12.7 Å². The summed E-state index contributed by atoms with van der Waals surface area (Å²) in [6, 6.07) is 7.31. The fourth-order valence-electron chi connectivity index (χ4n) is 2.52. The van der Waals surface area contributed by atoms with Crippen LogP contribution < -0.4 is 19.7 Å². The van der Waals surface area contributed by atoms with Gasteiger partial charge in [-0.15, -0.1) is 0 Å². The van der Waals surface area contributed by atoms with E-state index in [0.29, 0.717) is 18.0 Å². The fourth-order valence-corrected chi connectivity index (χ4v) is 2.52. The van der Waals surface area contributed by atoms with E-state index in [9.17, 15) is 4.79 Å². The third-order valence-electron chi connectivity index (χ3n) is 3.86. The molecule has 0 spiro atoms. The number of aromatic nitrogens is 2. The van der Waals surface area contributed by atoms with Gasteiger partial charge in [0.05, 0.1) is 0 Å². The summed E-state index contributed by atoms with van der Waals surface area (Å²) in [7, 11) is 0. The van der Waals surface area contributed by atoms with Crippen molar-refractivity contribution < 1.29 is 14.3 Å². The molecule has 1 amide bonds. The first-order valence-electron chi connectivity index (χ1n) is 7.95. The first-order valence-corrected chi connectivity index (χ1v) is 7.95. The molecule has 0 bridgehead atoms. The molecule has 0 aliphatic carbocycles. The molecule has 1 N–H and O–H groups in total. The van der Waals surface area contributed by atoms with Crippen LogP contribution in [-0.4, -0.2) is 35.8 Å². The van der Waals surface area contributed by atoms with Crippen LogP contribution in [0, 0.1) is 0 Å². The van der Waals surface area contributed by atoms with Gasteiger partial charge >= 0.3 is 0 Å². The average Bonchev–Trinajstić information content (AvgIpc) is 3.09. The smallest absolute Gasteiger partial charge is 0.270 e. The zero-order valence-electron chi connectivity index (χ0n) is 13.8. The molecule has 1 aliphatic rings. The summed E-state index contributed by atoms with van der Waals surface area (Å²) in [6.45, 7) is 6.37. The molecule has 2 aromatic rings. The molecule has 0 unspecified atom stereocenters. The molecule has 24 heavy (non-hydrogen) atoms. The predicted molar refractivity (Wildman–Crippen MR) is 89.3 cm³/mol. The molecule has 7 nitrogen and oxygen atoms in total. The molecular weight excluding hydrogens is 308 g/mol. The Bertz CT molecular complexity index is 732. The van der Waals surface area contributed by atoms with Gasteiger partial charge < -0.3 is 19.7 Å². The number of benzene rings is 1. The molecule has 2 heterocycles. The maximum Gasteiger partial charge on any atom is 0.270 e. The first kappa shape index (κ1) is 16.0.